The summed E-state index contributed by atoms with van der Waals surface area (Å²) >= 11 is 2.62. The highest BCUT2D eigenvalue weighted by atomic mass is 32.1. The molecule has 3 rings (SSSR count). The lowest BCUT2D eigenvalue weighted by atomic mass is 10.2. The van der Waals surface area contributed by atoms with E-state index in [1.165, 1.54) is 22.7 Å². The van der Waals surface area contributed by atoms with E-state index < -0.39 is 0 Å². The molecular formula is C17H16N2O4S2. The van der Waals surface area contributed by atoms with Gasteiger partial charge in [-0.2, -0.15) is 0 Å². The lowest BCUT2D eigenvalue weighted by molar-refractivity contribution is 0.0531. The Morgan fingerprint density at radius 1 is 1.28 bits per heavy atom. The number of thiophene rings is 1. The van der Waals surface area contributed by atoms with E-state index in [9.17, 15) is 9.59 Å². The van der Waals surface area contributed by atoms with Crippen molar-refractivity contribution in [1.82, 2.24) is 4.98 Å². The number of hydrogen-bond donors (Lipinski definition) is 1. The lowest BCUT2D eigenvalue weighted by Gasteiger charge is -2.04. The highest BCUT2D eigenvalue weighted by Crippen LogP contribution is 2.37. The molecule has 0 atom stereocenters. The van der Waals surface area contributed by atoms with Crippen LogP contribution in [-0.4, -0.2) is 30.6 Å². The second-order valence-corrected chi connectivity index (χ2v) is 7.11. The molecule has 6 nitrogen and oxygen atoms in total. The Balaban J connectivity index is 1.82. The van der Waals surface area contributed by atoms with Crippen LogP contribution in [0.2, 0.25) is 0 Å². The van der Waals surface area contributed by atoms with E-state index in [0.717, 1.165) is 10.3 Å². The van der Waals surface area contributed by atoms with Crippen LogP contribution < -0.4 is 10.1 Å². The molecule has 3 aromatic rings. The standard InChI is InChI=1S/C17H16N2O4S2/c1-4-23-16(21)13-9(2)12-15(24-13)19-17(25-12)18-14(20)10-6-5-7-11(8-10)22-3/h5-8H,4H2,1-3H3,(H,18,19,20). The molecule has 0 aliphatic heterocycles. The maximum Gasteiger partial charge on any atom is 0.348 e. The number of aromatic nitrogens is 1. The smallest absolute Gasteiger partial charge is 0.348 e. The van der Waals surface area contributed by atoms with Crippen LogP contribution in [0.4, 0.5) is 5.13 Å². The van der Waals surface area contributed by atoms with Gasteiger partial charge in [0.25, 0.3) is 5.91 Å². The highest BCUT2D eigenvalue weighted by Gasteiger charge is 2.20. The number of rotatable bonds is 5. The van der Waals surface area contributed by atoms with Crippen molar-refractivity contribution in [2.24, 2.45) is 0 Å². The third-order valence-electron chi connectivity index (χ3n) is 3.49. The molecule has 0 aliphatic carbocycles. The number of nitrogens with one attached hydrogen (secondary N) is 1. The monoisotopic (exact) mass is 376 g/mol. The minimum absolute atomic E-state index is 0.261. The van der Waals surface area contributed by atoms with E-state index >= 15 is 0 Å². The summed E-state index contributed by atoms with van der Waals surface area (Å²) in [6.45, 7) is 3.96. The van der Waals surface area contributed by atoms with Crippen LogP contribution in [0.1, 0.15) is 32.5 Å². The first-order chi connectivity index (χ1) is 12.0. The van der Waals surface area contributed by atoms with E-state index in [1.54, 1.807) is 38.3 Å². The molecule has 0 saturated carbocycles. The van der Waals surface area contributed by atoms with Gasteiger partial charge >= 0.3 is 5.97 Å². The van der Waals surface area contributed by atoms with Crippen LogP contribution in [0.3, 0.4) is 0 Å². The van der Waals surface area contributed by atoms with E-state index in [2.05, 4.69) is 10.3 Å². The van der Waals surface area contributed by atoms with Crippen LogP contribution in [0.15, 0.2) is 24.3 Å². The van der Waals surface area contributed by atoms with E-state index in [4.69, 9.17) is 9.47 Å². The minimum Gasteiger partial charge on any atom is -0.497 e. The van der Waals surface area contributed by atoms with Crippen molar-refractivity contribution in [3.05, 3.63) is 40.3 Å². The fourth-order valence-corrected chi connectivity index (χ4v) is 4.48. The molecule has 1 aromatic carbocycles. The zero-order valence-corrected chi connectivity index (χ0v) is 15.5. The van der Waals surface area contributed by atoms with Crippen LogP contribution in [0.5, 0.6) is 5.75 Å². The van der Waals surface area contributed by atoms with Crippen molar-refractivity contribution < 1.29 is 19.1 Å². The molecule has 0 saturated heterocycles. The predicted octanol–water partition coefficient (Wildman–Crippen LogP) is 4.10. The number of fused-ring (bicyclic) bond motifs is 1. The highest BCUT2D eigenvalue weighted by molar-refractivity contribution is 7.30. The van der Waals surface area contributed by atoms with Crippen molar-refractivity contribution >= 4 is 49.2 Å². The molecule has 8 heteroatoms. The molecule has 1 N–H and O–H groups in total. The van der Waals surface area contributed by atoms with Gasteiger partial charge in [-0.15, -0.1) is 11.3 Å². The van der Waals surface area contributed by atoms with E-state index in [1.807, 2.05) is 6.92 Å². The van der Waals surface area contributed by atoms with Crippen LogP contribution in [0, 0.1) is 6.92 Å². The van der Waals surface area contributed by atoms with Crippen LogP contribution in [-0.2, 0) is 4.74 Å². The van der Waals surface area contributed by atoms with Gasteiger partial charge in [-0.1, -0.05) is 17.4 Å². The van der Waals surface area contributed by atoms with Gasteiger partial charge in [0, 0.05) is 5.56 Å². The maximum absolute atomic E-state index is 12.4. The molecule has 0 unspecified atom stereocenters. The second-order valence-electron chi connectivity index (χ2n) is 5.12. The Bertz CT molecular complexity index is 945. The van der Waals surface area contributed by atoms with Gasteiger partial charge in [0.15, 0.2) is 5.13 Å². The maximum atomic E-state index is 12.4. The molecule has 130 valence electrons. The summed E-state index contributed by atoms with van der Waals surface area (Å²) < 4.78 is 11.1. The average molecular weight is 376 g/mol. The number of benzene rings is 1. The summed E-state index contributed by atoms with van der Waals surface area (Å²) in [7, 11) is 1.55. The Morgan fingerprint density at radius 3 is 2.76 bits per heavy atom. The van der Waals surface area contributed by atoms with Crippen molar-refractivity contribution in [3.63, 3.8) is 0 Å². The summed E-state index contributed by atoms with van der Waals surface area (Å²) in [5.41, 5.74) is 1.32. The normalized spacial score (nSPS) is 10.7. The van der Waals surface area contributed by atoms with Gasteiger partial charge in [0.1, 0.15) is 15.5 Å². The number of hydrogen-bond acceptors (Lipinski definition) is 7. The first kappa shape index (κ1) is 17.4. The summed E-state index contributed by atoms with van der Waals surface area (Å²) in [5.74, 6) is 0.0171. The average Bonchev–Trinajstić information content (AvgIpc) is 3.14. The Hall–Kier alpha value is -2.45. The number of thiazole rings is 1. The molecule has 0 fully saturated rings. The topological polar surface area (TPSA) is 77.5 Å². The van der Waals surface area contributed by atoms with Crippen LogP contribution in [0.25, 0.3) is 9.53 Å². The number of nitrogens with zero attached hydrogens (tertiary/aromatic N) is 1. The quantitative estimate of drug-likeness (QED) is 0.678. The number of aryl methyl sites for hydroxylation is 1. The fraction of sp³-hybridized carbons (Fsp3) is 0.235. The first-order valence-corrected chi connectivity index (χ1v) is 9.19. The summed E-state index contributed by atoms with van der Waals surface area (Å²) in [4.78, 5) is 30.0. The number of carbonyl (C=O) groups is 2. The molecule has 0 radical (unpaired) electrons. The molecular weight excluding hydrogens is 360 g/mol. The fourth-order valence-electron chi connectivity index (χ4n) is 2.27. The van der Waals surface area contributed by atoms with E-state index in [-0.39, 0.29) is 11.9 Å². The zero-order valence-electron chi connectivity index (χ0n) is 13.9. The summed E-state index contributed by atoms with van der Waals surface area (Å²) in [5, 5.41) is 3.28. The molecule has 0 aliphatic rings. The van der Waals surface area contributed by atoms with Gasteiger partial charge in [-0.25, -0.2) is 9.78 Å². The van der Waals surface area contributed by atoms with Crippen molar-refractivity contribution in [2.45, 2.75) is 13.8 Å². The Kier molecular flexibility index (Phi) is 5.00. The molecule has 2 heterocycles. The molecule has 0 spiro atoms. The van der Waals surface area contributed by atoms with Crippen molar-refractivity contribution in [1.29, 1.82) is 0 Å². The van der Waals surface area contributed by atoms with Crippen molar-refractivity contribution in [2.75, 3.05) is 19.0 Å². The summed E-state index contributed by atoms with van der Waals surface area (Å²) in [6, 6.07) is 6.90. The molecule has 1 amide bonds. The number of esters is 1. The lowest BCUT2D eigenvalue weighted by Crippen LogP contribution is -2.11. The number of ether oxygens (including phenoxy) is 2. The number of methoxy groups -OCH3 is 1. The second kappa shape index (κ2) is 7.20. The predicted molar refractivity (Wildman–Crippen MR) is 99.1 cm³/mol. The number of amides is 1. The number of carbonyl (C=O) groups excluding carboxylic acids is 2. The molecule has 2 aromatic heterocycles. The third kappa shape index (κ3) is 3.49. The number of anilines is 1. The third-order valence-corrected chi connectivity index (χ3v) is 5.87. The summed E-state index contributed by atoms with van der Waals surface area (Å²) in [6.07, 6.45) is 0. The van der Waals surface area contributed by atoms with Gasteiger partial charge in [-0.3, -0.25) is 10.1 Å². The van der Waals surface area contributed by atoms with Gasteiger partial charge in [0.05, 0.1) is 18.4 Å². The Labute approximate surface area is 152 Å². The van der Waals surface area contributed by atoms with Gasteiger partial charge in [-0.05, 0) is 37.6 Å². The van der Waals surface area contributed by atoms with Gasteiger partial charge < -0.3 is 9.47 Å². The Morgan fingerprint density at radius 2 is 2.08 bits per heavy atom. The molecule has 25 heavy (non-hydrogen) atoms. The zero-order chi connectivity index (χ0) is 18.0. The minimum atomic E-state index is -0.336. The van der Waals surface area contributed by atoms with Crippen LogP contribution >= 0.6 is 22.7 Å². The largest absolute Gasteiger partial charge is 0.497 e. The van der Waals surface area contributed by atoms with Gasteiger partial charge in [0.2, 0.25) is 0 Å². The van der Waals surface area contributed by atoms with Crippen molar-refractivity contribution in [3.8, 4) is 5.75 Å². The first-order valence-electron chi connectivity index (χ1n) is 7.56. The SMILES string of the molecule is CCOC(=O)c1sc2nc(NC(=O)c3cccc(OC)c3)sc2c1C. The molecule has 0 bridgehead atoms. The van der Waals surface area contributed by atoms with E-state index in [0.29, 0.717) is 32.8 Å².